The topological polar surface area (TPSA) is 42.2 Å². The number of pyridine rings is 1. The second-order valence-corrected chi connectivity index (χ2v) is 5.09. The molecule has 3 nitrogen and oxygen atoms in total. The van der Waals surface area contributed by atoms with E-state index in [1.807, 2.05) is 4.90 Å². The molecule has 0 aromatic carbocycles. The Morgan fingerprint density at radius 1 is 1.42 bits per heavy atom. The number of aromatic nitrogens is 1. The lowest BCUT2D eigenvalue weighted by Gasteiger charge is -2.37. The van der Waals surface area contributed by atoms with Gasteiger partial charge in [-0.3, -0.25) is 0 Å². The van der Waals surface area contributed by atoms with Crippen molar-refractivity contribution >= 4 is 5.82 Å². The summed E-state index contributed by atoms with van der Waals surface area (Å²) in [4.78, 5) is 5.62. The van der Waals surface area contributed by atoms with Gasteiger partial charge in [0.1, 0.15) is 11.5 Å². The van der Waals surface area contributed by atoms with E-state index < -0.39 is 11.9 Å². The molecule has 2 atom stereocenters. The fourth-order valence-electron chi connectivity index (χ4n) is 2.42. The maximum atomic E-state index is 12.6. The zero-order valence-corrected chi connectivity index (χ0v) is 10.8. The summed E-state index contributed by atoms with van der Waals surface area (Å²) in [5, 5.41) is 0. The molecule has 19 heavy (non-hydrogen) atoms. The highest BCUT2D eigenvalue weighted by Crippen LogP contribution is 2.30. The van der Waals surface area contributed by atoms with Crippen LogP contribution in [0, 0.1) is 11.8 Å². The van der Waals surface area contributed by atoms with Crippen molar-refractivity contribution in [1.29, 1.82) is 0 Å². The molecule has 1 saturated heterocycles. The third kappa shape index (κ3) is 3.18. The number of piperidine rings is 1. The molecule has 1 aromatic heterocycles. The second-order valence-electron chi connectivity index (χ2n) is 5.09. The first kappa shape index (κ1) is 14.1. The van der Waals surface area contributed by atoms with Crippen molar-refractivity contribution in [3.63, 3.8) is 0 Å². The lowest BCUT2D eigenvalue weighted by Crippen LogP contribution is -2.43. The third-order valence-electron chi connectivity index (χ3n) is 3.77. The highest BCUT2D eigenvalue weighted by atomic mass is 19.4. The number of anilines is 1. The Morgan fingerprint density at radius 2 is 2.16 bits per heavy atom. The van der Waals surface area contributed by atoms with Gasteiger partial charge in [0.05, 0.1) is 0 Å². The number of nitrogens with zero attached hydrogens (tertiary/aromatic N) is 2. The first-order valence-electron chi connectivity index (χ1n) is 6.41. The van der Waals surface area contributed by atoms with Gasteiger partial charge in [0.2, 0.25) is 0 Å². The Labute approximate surface area is 110 Å². The predicted molar refractivity (Wildman–Crippen MR) is 67.8 cm³/mol. The highest BCUT2D eigenvalue weighted by Gasteiger charge is 2.33. The van der Waals surface area contributed by atoms with Crippen LogP contribution < -0.4 is 10.6 Å². The Kier molecular flexibility index (Phi) is 3.99. The van der Waals surface area contributed by atoms with Crippen molar-refractivity contribution < 1.29 is 13.2 Å². The van der Waals surface area contributed by atoms with Crippen LogP contribution in [0.25, 0.3) is 0 Å². The summed E-state index contributed by atoms with van der Waals surface area (Å²) in [5.74, 6) is 1.21. The number of halogens is 3. The van der Waals surface area contributed by atoms with Crippen molar-refractivity contribution in [3.8, 4) is 0 Å². The van der Waals surface area contributed by atoms with Crippen molar-refractivity contribution in [2.45, 2.75) is 19.5 Å². The summed E-state index contributed by atoms with van der Waals surface area (Å²) in [6, 6.07) is 4.02. The normalized spacial score (nSPS) is 24.6. The van der Waals surface area contributed by atoms with E-state index in [0.29, 0.717) is 30.7 Å². The molecule has 2 N–H and O–H groups in total. The minimum Gasteiger partial charge on any atom is -0.356 e. The molecule has 0 radical (unpaired) electrons. The fraction of sp³-hybridized carbons (Fsp3) is 0.615. The van der Waals surface area contributed by atoms with Gasteiger partial charge < -0.3 is 10.6 Å². The van der Waals surface area contributed by atoms with Crippen LogP contribution in [0.1, 0.15) is 19.0 Å². The van der Waals surface area contributed by atoms with Crippen molar-refractivity contribution in [3.05, 3.63) is 23.9 Å². The van der Waals surface area contributed by atoms with Crippen LogP contribution in [0.2, 0.25) is 0 Å². The van der Waals surface area contributed by atoms with E-state index in [-0.39, 0.29) is 0 Å². The average Bonchev–Trinajstić information content (AvgIpc) is 2.38. The second kappa shape index (κ2) is 5.36. The smallest absolute Gasteiger partial charge is 0.356 e. The van der Waals surface area contributed by atoms with Gasteiger partial charge >= 0.3 is 6.18 Å². The molecule has 1 aromatic rings. The van der Waals surface area contributed by atoms with Crippen LogP contribution >= 0.6 is 0 Å². The predicted octanol–water partition coefficient (Wildman–Crippen LogP) is 2.52. The van der Waals surface area contributed by atoms with Gasteiger partial charge in [-0.2, -0.15) is 13.2 Å². The highest BCUT2D eigenvalue weighted by molar-refractivity contribution is 5.40. The molecule has 2 heterocycles. The van der Waals surface area contributed by atoms with Crippen LogP contribution in [0.4, 0.5) is 19.0 Å². The quantitative estimate of drug-likeness (QED) is 0.900. The van der Waals surface area contributed by atoms with E-state index in [4.69, 9.17) is 5.73 Å². The Bertz CT molecular complexity index is 433. The maximum Gasteiger partial charge on any atom is 0.433 e. The van der Waals surface area contributed by atoms with Gasteiger partial charge in [-0.05, 0) is 36.9 Å². The molecule has 0 aliphatic carbocycles. The minimum absolute atomic E-state index is 0.310. The minimum atomic E-state index is -4.40. The molecule has 6 heteroatoms. The third-order valence-corrected chi connectivity index (χ3v) is 3.77. The molecular formula is C13H18F3N3. The zero-order valence-electron chi connectivity index (χ0n) is 10.8. The summed E-state index contributed by atoms with van der Waals surface area (Å²) in [7, 11) is 0. The summed E-state index contributed by atoms with van der Waals surface area (Å²) >= 11 is 0. The number of hydrogen-bond acceptors (Lipinski definition) is 3. The van der Waals surface area contributed by atoms with E-state index in [0.717, 1.165) is 19.0 Å². The van der Waals surface area contributed by atoms with Crippen LogP contribution in [0.5, 0.6) is 0 Å². The fourth-order valence-corrected chi connectivity index (χ4v) is 2.42. The van der Waals surface area contributed by atoms with E-state index in [2.05, 4.69) is 11.9 Å². The number of nitrogens with two attached hydrogens (primary N) is 1. The van der Waals surface area contributed by atoms with Gasteiger partial charge in [-0.25, -0.2) is 4.98 Å². The number of hydrogen-bond donors (Lipinski definition) is 1. The Morgan fingerprint density at radius 3 is 2.79 bits per heavy atom. The van der Waals surface area contributed by atoms with Gasteiger partial charge in [-0.15, -0.1) is 0 Å². The Hall–Kier alpha value is -1.30. The molecule has 0 saturated carbocycles. The lowest BCUT2D eigenvalue weighted by molar-refractivity contribution is -0.141. The summed E-state index contributed by atoms with van der Waals surface area (Å²) in [6.07, 6.45) is -3.47. The molecule has 106 valence electrons. The standard InChI is InChI=1S/C13H18F3N3/c1-9-5-6-19(8-10(9)7-17)12-4-2-3-11(18-12)13(14,15)16/h2-4,9-10H,5-8,17H2,1H3. The van der Waals surface area contributed by atoms with Gasteiger partial charge in [0.25, 0.3) is 0 Å². The summed E-state index contributed by atoms with van der Waals surface area (Å²) in [6.45, 7) is 4.09. The largest absolute Gasteiger partial charge is 0.433 e. The van der Waals surface area contributed by atoms with Crippen molar-refractivity contribution in [2.75, 3.05) is 24.5 Å². The monoisotopic (exact) mass is 273 g/mol. The first-order chi connectivity index (χ1) is 8.91. The number of rotatable bonds is 2. The van der Waals surface area contributed by atoms with Crippen molar-refractivity contribution in [2.24, 2.45) is 17.6 Å². The van der Waals surface area contributed by atoms with Crippen LogP contribution in [0.3, 0.4) is 0 Å². The number of alkyl halides is 3. The van der Waals surface area contributed by atoms with Gasteiger partial charge in [0.15, 0.2) is 0 Å². The maximum absolute atomic E-state index is 12.6. The average molecular weight is 273 g/mol. The van der Waals surface area contributed by atoms with Crippen LogP contribution in [-0.2, 0) is 6.18 Å². The first-order valence-corrected chi connectivity index (χ1v) is 6.41. The Balaban J connectivity index is 2.18. The van der Waals surface area contributed by atoms with Gasteiger partial charge in [0, 0.05) is 13.1 Å². The van der Waals surface area contributed by atoms with Crippen LogP contribution in [-0.4, -0.2) is 24.6 Å². The van der Waals surface area contributed by atoms with E-state index >= 15 is 0 Å². The summed E-state index contributed by atoms with van der Waals surface area (Å²) in [5.41, 5.74) is 4.87. The van der Waals surface area contributed by atoms with E-state index in [1.54, 1.807) is 6.07 Å². The molecule has 0 amide bonds. The zero-order chi connectivity index (χ0) is 14.0. The van der Waals surface area contributed by atoms with Crippen molar-refractivity contribution in [1.82, 2.24) is 4.98 Å². The molecule has 1 aliphatic heterocycles. The van der Waals surface area contributed by atoms with E-state index in [9.17, 15) is 13.2 Å². The van der Waals surface area contributed by atoms with E-state index in [1.165, 1.54) is 6.07 Å². The molecule has 0 spiro atoms. The van der Waals surface area contributed by atoms with Crippen LogP contribution in [0.15, 0.2) is 18.2 Å². The molecule has 2 rings (SSSR count). The molecule has 1 fully saturated rings. The molecule has 2 unspecified atom stereocenters. The summed E-state index contributed by atoms with van der Waals surface area (Å²) < 4.78 is 37.9. The molecule has 1 aliphatic rings. The van der Waals surface area contributed by atoms with Gasteiger partial charge in [-0.1, -0.05) is 13.0 Å². The SMILES string of the molecule is CC1CCN(c2cccc(C(F)(F)F)n2)CC1CN. The molecule has 0 bridgehead atoms. The lowest BCUT2D eigenvalue weighted by atomic mass is 9.87. The molecular weight excluding hydrogens is 255 g/mol.